The van der Waals surface area contributed by atoms with E-state index in [0.29, 0.717) is 45.0 Å². The molecule has 1 amide bonds. The van der Waals surface area contributed by atoms with Gasteiger partial charge in [0.05, 0.1) is 30.5 Å². The third-order valence-corrected chi connectivity index (χ3v) is 8.75. The Morgan fingerprint density at radius 3 is 2.39 bits per heavy atom. The average molecular weight is 448 g/mol. The van der Waals surface area contributed by atoms with Crippen LogP contribution < -0.4 is 0 Å². The SMILES string of the molecule is O=C(c1cnn2ccc(C3CCN(S(=O)(=O)N4CCOCC4)CC3)cc12)N1CCCC1. The minimum absolute atomic E-state index is 0.0519. The maximum atomic E-state index is 12.9. The van der Waals surface area contributed by atoms with Crippen LogP contribution in [0.4, 0.5) is 0 Å². The van der Waals surface area contributed by atoms with E-state index in [0.717, 1.165) is 49.9 Å². The molecule has 3 fully saturated rings. The fourth-order valence-corrected chi connectivity index (χ4v) is 6.48. The van der Waals surface area contributed by atoms with Crippen molar-refractivity contribution < 1.29 is 17.9 Å². The molecule has 31 heavy (non-hydrogen) atoms. The number of amides is 1. The molecule has 2 aromatic rings. The molecule has 0 saturated carbocycles. The Kier molecular flexibility index (Phi) is 5.72. The second-order valence-electron chi connectivity index (χ2n) is 8.54. The molecule has 0 aromatic carbocycles. The minimum atomic E-state index is -3.42. The van der Waals surface area contributed by atoms with Crippen LogP contribution in [-0.2, 0) is 14.9 Å². The van der Waals surface area contributed by atoms with Gasteiger partial charge in [-0.1, -0.05) is 0 Å². The van der Waals surface area contributed by atoms with Gasteiger partial charge in [-0.15, -0.1) is 0 Å². The second kappa shape index (κ2) is 8.50. The molecule has 0 aliphatic carbocycles. The number of hydrogen-bond acceptors (Lipinski definition) is 5. The van der Waals surface area contributed by atoms with Crippen LogP contribution in [0, 0.1) is 0 Å². The lowest BCUT2D eigenvalue weighted by Gasteiger charge is -2.36. The van der Waals surface area contributed by atoms with Crippen molar-refractivity contribution >= 4 is 21.6 Å². The lowest BCUT2D eigenvalue weighted by Crippen LogP contribution is -2.50. The Bertz CT molecular complexity index is 1050. The number of morpholine rings is 1. The Labute approximate surface area is 182 Å². The Morgan fingerprint density at radius 1 is 1.00 bits per heavy atom. The van der Waals surface area contributed by atoms with Gasteiger partial charge >= 0.3 is 0 Å². The predicted octanol–water partition coefficient (Wildman–Crippen LogP) is 1.33. The first-order chi connectivity index (χ1) is 15.0. The number of piperidine rings is 1. The number of rotatable bonds is 4. The molecule has 2 aromatic heterocycles. The lowest BCUT2D eigenvalue weighted by atomic mass is 9.90. The number of likely N-dealkylation sites (tertiary alicyclic amines) is 1. The summed E-state index contributed by atoms with van der Waals surface area (Å²) in [7, 11) is -3.42. The van der Waals surface area contributed by atoms with Crippen molar-refractivity contribution in [1.29, 1.82) is 0 Å². The second-order valence-corrected chi connectivity index (χ2v) is 10.5. The summed E-state index contributed by atoms with van der Waals surface area (Å²) in [6.07, 6.45) is 7.22. The number of ether oxygens (including phenoxy) is 1. The van der Waals surface area contributed by atoms with E-state index in [1.807, 2.05) is 17.2 Å². The van der Waals surface area contributed by atoms with E-state index >= 15 is 0 Å². The first-order valence-corrected chi connectivity index (χ1v) is 12.5. The van der Waals surface area contributed by atoms with Gasteiger partial charge in [0.2, 0.25) is 0 Å². The van der Waals surface area contributed by atoms with Gasteiger partial charge in [-0.3, -0.25) is 4.79 Å². The number of carbonyl (C=O) groups is 1. The number of pyridine rings is 1. The van der Waals surface area contributed by atoms with Gasteiger partial charge in [-0.2, -0.15) is 22.1 Å². The molecule has 10 heteroatoms. The topological polar surface area (TPSA) is 87.5 Å². The summed E-state index contributed by atoms with van der Waals surface area (Å²) in [4.78, 5) is 14.8. The predicted molar refractivity (Wildman–Crippen MR) is 115 cm³/mol. The number of fused-ring (bicyclic) bond motifs is 1. The van der Waals surface area contributed by atoms with Crippen molar-refractivity contribution in [1.82, 2.24) is 23.1 Å². The highest BCUT2D eigenvalue weighted by molar-refractivity contribution is 7.86. The highest BCUT2D eigenvalue weighted by Gasteiger charge is 2.34. The third kappa shape index (κ3) is 3.97. The molecule has 5 rings (SSSR count). The summed E-state index contributed by atoms with van der Waals surface area (Å²) in [5, 5.41) is 4.36. The van der Waals surface area contributed by atoms with E-state index in [2.05, 4.69) is 11.2 Å². The van der Waals surface area contributed by atoms with E-state index in [4.69, 9.17) is 4.74 Å². The summed E-state index contributed by atoms with van der Waals surface area (Å²) in [6, 6.07) is 4.11. The summed E-state index contributed by atoms with van der Waals surface area (Å²) in [5.74, 6) is 0.321. The number of nitrogens with zero attached hydrogens (tertiary/aromatic N) is 5. The van der Waals surface area contributed by atoms with Gasteiger partial charge in [0, 0.05) is 45.5 Å². The van der Waals surface area contributed by atoms with Crippen LogP contribution in [0.15, 0.2) is 24.5 Å². The molecule has 3 aliphatic heterocycles. The van der Waals surface area contributed by atoms with Gasteiger partial charge in [0.15, 0.2) is 0 Å². The highest BCUT2D eigenvalue weighted by Crippen LogP contribution is 2.31. The van der Waals surface area contributed by atoms with Crippen LogP contribution in [0.3, 0.4) is 0 Å². The van der Waals surface area contributed by atoms with E-state index in [1.54, 1.807) is 15.0 Å². The largest absolute Gasteiger partial charge is 0.379 e. The van der Waals surface area contributed by atoms with E-state index < -0.39 is 10.2 Å². The molecule has 3 saturated heterocycles. The Hall–Kier alpha value is -2.01. The molecule has 3 aliphatic rings. The summed E-state index contributed by atoms with van der Waals surface area (Å²) < 4.78 is 36.0. The third-order valence-electron chi connectivity index (χ3n) is 6.72. The Balaban J connectivity index is 1.30. The summed E-state index contributed by atoms with van der Waals surface area (Å²) in [6.45, 7) is 4.40. The molecule has 0 unspecified atom stereocenters. The van der Waals surface area contributed by atoms with Crippen LogP contribution >= 0.6 is 0 Å². The smallest absolute Gasteiger partial charge is 0.282 e. The molecule has 0 atom stereocenters. The van der Waals surface area contributed by atoms with E-state index in [9.17, 15) is 13.2 Å². The summed E-state index contributed by atoms with van der Waals surface area (Å²) in [5.41, 5.74) is 2.63. The van der Waals surface area contributed by atoms with Crippen LogP contribution in [0.5, 0.6) is 0 Å². The molecule has 0 spiro atoms. The minimum Gasteiger partial charge on any atom is -0.379 e. The molecule has 0 N–H and O–H groups in total. The average Bonchev–Trinajstić information content (AvgIpc) is 3.49. The van der Waals surface area contributed by atoms with Gasteiger partial charge in [-0.05, 0) is 49.3 Å². The zero-order chi connectivity index (χ0) is 21.4. The molecule has 168 valence electrons. The monoisotopic (exact) mass is 447 g/mol. The number of aromatic nitrogens is 2. The van der Waals surface area contributed by atoms with Crippen molar-refractivity contribution in [2.45, 2.75) is 31.6 Å². The van der Waals surface area contributed by atoms with Crippen molar-refractivity contribution in [3.05, 3.63) is 35.7 Å². The number of hydrogen-bond donors (Lipinski definition) is 0. The van der Waals surface area contributed by atoms with Gasteiger partial charge in [-0.25, -0.2) is 4.52 Å². The van der Waals surface area contributed by atoms with Gasteiger partial charge < -0.3 is 9.64 Å². The van der Waals surface area contributed by atoms with E-state index in [1.165, 1.54) is 4.31 Å². The fraction of sp³-hybridized carbons (Fsp3) is 0.619. The maximum Gasteiger partial charge on any atom is 0.282 e. The molecule has 0 bridgehead atoms. The van der Waals surface area contributed by atoms with Crippen molar-refractivity contribution in [2.75, 3.05) is 52.5 Å². The fourth-order valence-electron chi connectivity index (χ4n) is 4.87. The van der Waals surface area contributed by atoms with Crippen molar-refractivity contribution in [3.8, 4) is 0 Å². The normalized spacial score (nSPS) is 22.4. The van der Waals surface area contributed by atoms with E-state index in [-0.39, 0.29) is 11.8 Å². The quantitative estimate of drug-likeness (QED) is 0.706. The highest BCUT2D eigenvalue weighted by atomic mass is 32.2. The van der Waals surface area contributed by atoms with Crippen molar-refractivity contribution in [2.24, 2.45) is 0 Å². The van der Waals surface area contributed by atoms with Crippen molar-refractivity contribution in [3.63, 3.8) is 0 Å². The zero-order valence-electron chi connectivity index (χ0n) is 17.6. The first-order valence-electron chi connectivity index (χ1n) is 11.1. The van der Waals surface area contributed by atoms with Gasteiger partial charge in [0.1, 0.15) is 0 Å². The van der Waals surface area contributed by atoms with Crippen LogP contribution in [0.2, 0.25) is 0 Å². The zero-order valence-corrected chi connectivity index (χ0v) is 18.5. The lowest BCUT2D eigenvalue weighted by molar-refractivity contribution is 0.0696. The van der Waals surface area contributed by atoms with Gasteiger partial charge in [0.25, 0.3) is 16.1 Å². The molecule has 0 radical (unpaired) electrons. The number of carbonyl (C=O) groups excluding carboxylic acids is 1. The molecular weight excluding hydrogens is 418 g/mol. The van der Waals surface area contributed by atoms with Crippen LogP contribution in [0.25, 0.3) is 5.52 Å². The molecular formula is C21H29N5O4S. The molecule has 5 heterocycles. The van der Waals surface area contributed by atoms with Crippen LogP contribution in [-0.4, -0.2) is 89.9 Å². The van der Waals surface area contributed by atoms with Crippen LogP contribution in [0.1, 0.15) is 47.5 Å². The maximum absolute atomic E-state index is 12.9. The summed E-state index contributed by atoms with van der Waals surface area (Å²) >= 11 is 0. The molecule has 9 nitrogen and oxygen atoms in total. The standard InChI is InChI=1S/C21H29N5O4S/c27-21(23-6-1-2-7-23)19-16-22-26-10-5-18(15-20(19)26)17-3-8-24(9-4-17)31(28,29)25-11-13-30-14-12-25/h5,10,15-17H,1-4,6-9,11-14H2. The first kappa shape index (κ1) is 20.9. The Morgan fingerprint density at radius 2 is 1.68 bits per heavy atom.